The Morgan fingerprint density at radius 2 is 2.14 bits per heavy atom. The van der Waals surface area contributed by atoms with Crippen LogP contribution in [0, 0.1) is 0 Å². The van der Waals surface area contributed by atoms with Gasteiger partial charge in [0.15, 0.2) is 0 Å². The summed E-state index contributed by atoms with van der Waals surface area (Å²) in [4.78, 5) is 14.1. The van der Waals surface area contributed by atoms with Crippen LogP contribution in [-0.2, 0) is 6.54 Å². The van der Waals surface area contributed by atoms with Crippen molar-refractivity contribution < 1.29 is 0 Å². The molecule has 74 valence electrons. The average Bonchev–Trinajstić information content (AvgIpc) is 2.48. The number of hydrogen-bond acceptors (Lipinski definition) is 1. The number of benzene rings is 1. The number of hydrogen-bond donors (Lipinski definition) is 1. The van der Waals surface area contributed by atoms with E-state index >= 15 is 0 Å². The largest absolute Gasteiger partial charge is 0.326 e. The lowest BCUT2D eigenvalue weighted by Crippen LogP contribution is -2.15. The Hall–Kier alpha value is -0.930. The van der Waals surface area contributed by atoms with Crippen molar-refractivity contribution in [3.63, 3.8) is 0 Å². The van der Waals surface area contributed by atoms with Crippen molar-refractivity contribution in [2.45, 2.75) is 13.5 Å². The van der Waals surface area contributed by atoms with Gasteiger partial charge in [-0.3, -0.25) is 4.57 Å². The average molecular weight is 231 g/mol. The molecule has 0 aliphatic carbocycles. The van der Waals surface area contributed by atoms with Gasteiger partial charge in [-0.1, -0.05) is 23.2 Å². The Labute approximate surface area is 90.2 Å². The van der Waals surface area contributed by atoms with E-state index in [-0.39, 0.29) is 5.69 Å². The van der Waals surface area contributed by atoms with Crippen molar-refractivity contribution in [2.75, 3.05) is 0 Å². The van der Waals surface area contributed by atoms with Crippen LogP contribution in [-0.4, -0.2) is 9.55 Å². The van der Waals surface area contributed by atoms with Crippen LogP contribution < -0.4 is 5.69 Å². The molecular weight excluding hydrogens is 223 g/mol. The van der Waals surface area contributed by atoms with E-state index in [9.17, 15) is 4.79 Å². The molecule has 0 bridgehead atoms. The number of halogens is 2. The molecule has 1 heterocycles. The predicted octanol–water partition coefficient (Wildman–Crippen LogP) is 2.66. The predicted molar refractivity (Wildman–Crippen MR) is 58.3 cm³/mol. The van der Waals surface area contributed by atoms with Crippen molar-refractivity contribution in [1.82, 2.24) is 9.55 Å². The third kappa shape index (κ3) is 1.24. The SMILES string of the molecule is CCn1c(=O)[nH]c2ccc(Cl)c(Cl)c21. The zero-order valence-corrected chi connectivity index (χ0v) is 8.99. The smallest absolute Gasteiger partial charge is 0.305 e. The summed E-state index contributed by atoms with van der Waals surface area (Å²) in [6.07, 6.45) is 0. The van der Waals surface area contributed by atoms with Crippen LogP contribution in [0.5, 0.6) is 0 Å². The van der Waals surface area contributed by atoms with E-state index < -0.39 is 0 Å². The molecule has 2 rings (SSSR count). The second-order valence-electron chi connectivity index (χ2n) is 2.93. The van der Waals surface area contributed by atoms with Gasteiger partial charge in [-0.2, -0.15) is 0 Å². The molecule has 0 atom stereocenters. The minimum Gasteiger partial charge on any atom is -0.305 e. The van der Waals surface area contributed by atoms with E-state index in [2.05, 4.69) is 4.98 Å². The zero-order chi connectivity index (χ0) is 10.3. The van der Waals surface area contributed by atoms with Gasteiger partial charge in [0.05, 0.1) is 21.1 Å². The van der Waals surface area contributed by atoms with Crippen LogP contribution in [0.4, 0.5) is 0 Å². The van der Waals surface area contributed by atoms with E-state index in [1.807, 2.05) is 6.92 Å². The molecular formula is C9H8Cl2N2O. The maximum Gasteiger partial charge on any atom is 0.326 e. The van der Waals surface area contributed by atoms with Crippen LogP contribution in [0.1, 0.15) is 6.92 Å². The lowest BCUT2D eigenvalue weighted by Gasteiger charge is -2.01. The van der Waals surface area contributed by atoms with Gasteiger partial charge in [-0.15, -0.1) is 0 Å². The second-order valence-corrected chi connectivity index (χ2v) is 3.72. The number of nitrogens with one attached hydrogen (secondary N) is 1. The minimum absolute atomic E-state index is 0.160. The number of rotatable bonds is 1. The molecule has 0 amide bonds. The third-order valence-corrected chi connectivity index (χ3v) is 2.94. The summed E-state index contributed by atoms with van der Waals surface area (Å²) in [7, 11) is 0. The van der Waals surface area contributed by atoms with E-state index in [0.29, 0.717) is 27.6 Å². The molecule has 1 aromatic carbocycles. The topological polar surface area (TPSA) is 37.8 Å². The summed E-state index contributed by atoms with van der Waals surface area (Å²) in [5, 5.41) is 0.879. The van der Waals surface area contributed by atoms with Crippen molar-refractivity contribution in [1.29, 1.82) is 0 Å². The maximum absolute atomic E-state index is 11.4. The number of aromatic amines is 1. The van der Waals surface area contributed by atoms with Crippen LogP contribution in [0.15, 0.2) is 16.9 Å². The molecule has 1 aromatic heterocycles. The Balaban J connectivity index is 2.98. The minimum atomic E-state index is -0.160. The highest BCUT2D eigenvalue weighted by Gasteiger charge is 2.10. The quantitative estimate of drug-likeness (QED) is 0.804. The van der Waals surface area contributed by atoms with E-state index in [1.165, 1.54) is 0 Å². The lowest BCUT2D eigenvalue weighted by molar-refractivity contribution is 0.753. The monoisotopic (exact) mass is 230 g/mol. The van der Waals surface area contributed by atoms with Gasteiger partial charge >= 0.3 is 5.69 Å². The molecule has 0 spiro atoms. The molecule has 14 heavy (non-hydrogen) atoms. The van der Waals surface area contributed by atoms with Crippen molar-refractivity contribution in [2.24, 2.45) is 0 Å². The van der Waals surface area contributed by atoms with Crippen LogP contribution >= 0.6 is 23.2 Å². The Morgan fingerprint density at radius 1 is 1.43 bits per heavy atom. The number of H-pyrrole nitrogens is 1. The van der Waals surface area contributed by atoms with Crippen molar-refractivity contribution >= 4 is 34.2 Å². The van der Waals surface area contributed by atoms with Gasteiger partial charge in [0, 0.05) is 6.54 Å². The van der Waals surface area contributed by atoms with E-state index in [4.69, 9.17) is 23.2 Å². The molecule has 2 aromatic rings. The van der Waals surface area contributed by atoms with Gasteiger partial charge in [-0.25, -0.2) is 4.79 Å². The first-order valence-corrected chi connectivity index (χ1v) is 4.97. The maximum atomic E-state index is 11.4. The highest BCUT2D eigenvalue weighted by Crippen LogP contribution is 2.28. The van der Waals surface area contributed by atoms with E-state index in [0.717, 1.165) is 0 Å². The molecule has 5 heteroatoms. The molecule has 0 aliphatic rings. The zero-order valence-electron chi connectivity index (χ0n) is 7.47. The van der Waals surface area contributed by atoms with Gasteiger partial charge in [-0.05, 0) is 19.1 Å². The van der Waals surface area contributed by atoms with Crippen molar-refractivity contribution in [3.05, 3.63) is 32.7 Å². The summed E-state index contributed by atoms with van der Waals surface area (Å²) >= 11 is 11.9. The standard InChI is InChI=1S/C9H8Cl2N2O/c1-2-13-8-6(12-9(13)14)4-3-5(10)7(8)11/h3-4H,2H2,1H3,(H,12,14). The summed E-state index contributed by atoms with van der Waals surface area (Å²) in [5.74, 6) is 0. The molecule has 0 radical (unpaired) electrons. The van der Waals surface area contributed by atoms with Crippen LogP contribution in [0.25, 0.3) is 11.0 Å². The normalized spacial score (nSPS) is 11.1. The fraction of sp³-hybridized carbons (Fsp3) is 0.222. The van der Waals surface area contributed by atoms with E-state index in [1.54, 1.807) is 16.7 Å². The number of aromatic nitrogens is 2. The third-order valence-electron chi connectivity index (χ3n) is 2.14. The summed E-state index contributed by atoms with van der Waals surface area (Å²) < 4.78 is 1.56. The second kappa shape index (κ2) is 3.33. The summed E-state index contributed by atoms with van der Waals surface area (Å²) in [5.41, 5.74) is 1.23. The molecule has 0 saturated carbocycles. The fourth-order valence-corrected chi connectivity index (χ4v) is 1.91. The molecule has 1 N–H and O–H groups in total. The first-order chi connectivity index (χ1) is 6.65. The van der Waals surface area contributed by atoms with Gasteiger partial charge in [0.25, 0.3) is 0 Å². The van der Waals surface area contributed by atoms with Crippen LogP contribution in [0.2, 0.25) is 10.0 Å². The van der Waals surface area contributed by atoms with Crippen molar-refractivity contribution in [3.8, 4) is 0 Å². The molecule has 0 unspecified atom stereocenters. The highest BCUT2D eigenvalue weighted by molar-refractivity contribution is 6.44. The highest BCUT2D eigenvalue weighted by atomic mass is 35.5. The summed E-state index contributed by atoms with van der Waals surface area (Å²) in [6, 6.07) is 3.42. The lowest BCUT2D eigenvalue weighted by atomic mass is 10.3. The Bertz CT molecular complexity index is 541. The molecule has 0 fully saturated rings. The fourth-order valence-electron chi connectivity index (χ4n) is 1.49. The Morgan fingerprint density at radius 3 is 2.79 bits per heavy atom. The first kappa shape index (κ1) is 9.62. The van der Waals surface area contributed by atoms with Gasteiger partial charge < -0.3 is 4.98 Å². The Kier molecular flexibility index (Phi) is 2.29. The molecule has 0 saturated heterocycles. The van der Waals surface area contributed by atoms with Crippen LogP contribution in [0.3, 0.4) is 0 Å². The number of fused-ring (bicyclic) bond motifs is 1. The molecule has 0 aliphatic heterocycles. The number of imidazole rings is 1. The van der Waals surface area contributed by atoms with Gasteiger partial charge in [0.1, 0.15) is 0 Å². The number of nitrogens with zero attached hydrogens (tertiary/aromatic N) is 1. The van der Waals surface area contributed by atoms with Gasteiger partial charge in [0.2, 0.25) is 0 Å². The first-order valence-electron chi connectivity index (χ1n) is 4.21. The number of aryl methyl sites for hydroxylation is 1. The molecule has 3 nitrogen and oxygen atoms in total. The summed E-state index contributed by atoms with van der Waals surface area (Å²) in [6.45, 7) is 2.45.